The van der Waals surface area contributed by atoms with Gasteiger partial charge in [-0.1, -0.05) is 12.1 Å². The van der Waals surface area contributed by atoms with Gasteiger partial charge in [0.2, 0.25) is 0 Å². The topological polar surface area (TPSA) is 50.6 Å². The lowest BCUT2D eigenvalue weighted by atomic mass is 10.1. The maximum Gasteiger partial charge on any atom is 0.410 e. The number of fused-ring (bicyclic) bond motifs is 1. The maximum absolute atomic E-state index is 13.0. The van der Waals surface area contributed by atoms with Crippen LogP contribution in [0.2, 0.25) is 0 Å². The monoisotopic (exact) mass is 358 g/mol. The predicted octanol–water partition coefficient (Wildman–Crippen LogP) is 2.29. The Balaban J connectivity index is 1.37. The third-order valence-electron chi connectivity index (χ3n) is 5.26. The largest absolute Gasteiger partial charge is 0.442 e. The van der Waals surface area contributed by atoms with Crippen molar-refractivity contribution < 1.29 is 13.9 Å². The third kappa shape index (κ3) is 3.31. The molecule has 2 aromatic rings. The number of ether oxygens (including phenoxy) is 1. The van der Waals surface area contributed by atoms with E-state index in [2.05, 4.69) is 21.4 Å². The summed E-state index contributed by atoms with van der Waals surface area (Å²) in [7, 11) is 0. The highest BCUT2D eigenvalue weighted by Crippen LogP contribution is 2.28. The molecule has 26 heavy (non-hydrogen) atoms. The van der Waals surface area contributed by atoms with E-state index in [1.165, 1.54) is 12.1 Å². The first-order valence-electron chi connectivity index (χ1n) is 9.08. The van der Waals surface area contributed by atoms with E-state index < -0.39 is 0 Å². The van der Waals surface area contributed by atoms with E-state index >= 15 is 0 Å². The Morgan fingerprint density at radius 1 is 1.27 bits per heavy atom. The van der Waals surface area contributed by atoms with Gasteiger partial charge in [0.05, 0.1) is 12.6 Å². The average molecular weight is 358 g/mol. The lowest BCUT2D eigenvalue weighted by Gasteiger charge is -2.22. The van der Waals surface area contributed by atoms with Gasteiger partial charge in [0.15, 0.2) is 0 Å². The highest BCUT2D eigenvalue weighted by Gasteiger charge is 2.47. The quantitative estimate of drug-likeness (QED) is 0.795. The van der Waals surface area contributed by atoms with E-state index in [9.17, 15) is 9.18 Å². The van der Waals surface area contributed by atoms with Gasteiger partial charge in [-0.05, 0) is 31.0 Å². The lowest BCUT2D eigenvalue weighted by Crippen LogP contribution is -2.39. The molecule has 2 aliphatic heterocycles. The van der Waals surface area contributed by atoms with Crippen molar-refractivity contribution in [3.05, 3.63) is 53.9 Å². The summed E-state index contributed by atoms with van der Waals surface area (Å²) in [4.78, 5) is 20.7. The first kappa shape index (κ1) is 17.0. The highest BCUT2D eigenvalue weighted by atomic mass is 19.1. The van der Waals surface area contributed by atoms with Crippen molar-refractivity contribution in [1.82, 2.24) is 19.4 Å². The molecule has 1 aromatic heterocycles. The molecule has 1 aromatic carbocycles. The van der Waals surface area contributed by atoms with Crippen LogP contribution in [0.3, 0.4) is 0 Å². The summed E-state index contributed by atoms with van der Waals surface area (Å²) in [5.74, 6) is 0.794. The number of nitrogens with zero attached hydrogens (tertiary/aromatic N) is 4. The Bertz CT molecular complexity index is 776. The number of aryl methyl sites for hydroxylation is 1. The second kappa shape index (κ2) is 7.07. The van der Waals surface area contributed by atoms with Crippen LogP contribution in [0.5, 0.6) is 0 Å². The summed E-state index contributed by atoms with van der Waals surface area (Å²) in [5, 5.41) is 0. The fourth-order valence-corrected chi connectivity index (χ4v) is 3.85. The zero-order valence-electron chi connectivity index (χ0n) is 14.8. The molecule has 1 amide bonds. The van der Waals surface area contributed by atoms with Gasteiger partial charge < -0.3 is 9.30 Å². The molecular formula is C19H23FN4O2. The van der Waals surface area contributed by atoms with Crippen LogP contribution < -0.4 is 0 Å². The summed E-state index contributed by atoms with van der Waals surface area (Å²) in [6.07, 6.45) is 4.18. The lowest BCUT2D eigenvalue weighted by molar-refractivity contribution is 0.119. The normalized spacial score (nSPS) is 22.7. The molecule has 138 valence electrons. The van der Waals surface area contributed by atoms with Gasteiger partial charge in [-0.15, -0.1) is 0 Å². The van der Waals surface area contributed by atoms with Crippen LogP contribution >= 0.6 is 0 Å². The Morgan fingerprint density at radius 3 is 2.85 bits per heavy atom. The Kier molecular flexibility index (Phi) is 4.63. The number of likely N-dealkylation sites (tertiary alicyclic amines) is 1. The van der Waals surface area contributed by atoms with E-state index in [0.717, 1.165) is 37.6 Å². The van der Waals surface area contributed by atoms with E-state index in [-0.39, 0.29) is 24.1 Å². The van der Waals surface area contributed by atoms with E-state index in [1.807, 2.05) is 17.3 Å². The second-order valence-electron chi connectivity index (χ2n) is 6.88. The minimum absolute atomic E-state index is 0.0768. The smallest absolute Gasteiger partial charge is 0.410 e. The number of aromatic nitrogens is 2. The standard InChI is InChI=1S/C19H23FN4O2/c1-2-23-10-8-21-18(23)13-22-11-16-17(12-22)26-19(25)24(16)9-7-14-3-5-15(20)6-4-14/h3-6,8,10,16-17H,2,7,9,11-13H2,1H3/t16-,17+/m1/s1. The maximum atomic E-state index is 13.0. The number of halogens is 1. The molecule has 7 heteroatoms. The molecule has 0 radical (unpaired) electrons. The summed E-state index contributed by atoms with van der Waals surface area (Å²) < 4.78 is 20.7. The minimum Gasteiger partial charge on any atom is -0.442 e. The summed E-state index contributed by atoms with van der Waals surface area (Å²) >= 11 is 0. The summed E-state index contributed by atoms with van der Waals surface area (Å²) in [6, 6.07) is 6.51. The SMILES string of the molecule is CCn1ccnc1CN1C[C@@H]2OC(=O)N(CCc3ccc(F)cc3)[C@@H]2C1. The van der Waals surface area contributed by atoms with Crippen LogP contribution in [0.1, 0.15) is 18.3 Å². The number of hydrogen-bond acceptors (Lipinski definition) is 4. The zero-order valence-corrected chi connectivity index (χ0v) is 14.8. The number of imidazole rings is 1. The fraction of sp³-hybridized carbons (Fsp3) is 0.474. The highest BCUT2D eigenvalue weighted by molar-refractivity contribution is 5.71. The van der Waals surface area contributed by atoms with Gasteiger partial charge in [-0.3, -0.25) is 9.80 Å². The summed E-state index contributed by atoms with van der Waals surface area (Å²) in [6.45, 7) is 5.87. The molecule has 0 aliphatic carbocycles. The van der Waals surface area contributed by atoms with E-state index in [0.29, 0.717) is 13.0 Å². The van der Waals surface area contributed by atoms with Crippen LogP contribution in [-0.4, -0.2) is 57.2 Å². The molecule has 0 bridgehead atoms. The fourth-order valence-electron chi connectivity index (χ4n) is 3.85. The Hall–Kier alpha value is -2.41. The number of rotatable bonds is 6. The van der Waals surface area contributed by atoms with Gasteiger partial charge in [0.25, 0.3) is 0 Å². The van der Waals surface area contributed by atoms with Crippen LogP contribution in [0, 0.1) is 5.82 Å². The first-order chi connectivity index (χ1) is 12.6. The molecule has 2 atom stereocenters. The molecule has 0 saturated carbocycles. The second-order valence-corrected chi connectivity index (χ2v) is 6.88. The van der Waals surface area contributed by atoms with Crippen molar-refractivity contribution in [2.24, 2.45) is 0 Å². The van der Waals surface area contributed by atoms with Crippen LogP contribution in [0.15, 0.2) is 36.7 Å². The van der Waals surface area contributed by atoms with Gasteiger partial charge in [-0.2, -0.15) is 0 Å². The zero-order chi connectivity index (χ0) is 18.1. The number of hydrogen-bond donors (Lipinski definition) is 0. The van der Waals surface area contributed by atoms with Gasteiger partial charge >= 0.3 is 6.09 Å². The van der Waals surface area contributed by atoms with Crippen molar-refractivity contribution in [2.45, 2.75) is 38.6 Å². The van der Waals surface area contributed by atoms with Crippen molar-refractivity contribution >= 4 is 6.09 Å². The first-order valence-corrected chi connectivity index (χ1v) is 9.08. The molecule has 4 rings (SSSR count). The van der Waals surface area contributed by atoms with Gasteiger partial charge in [0, 0.05) is 38.6 Å². The molecule has 2 saturated heterocycles. The Morgan fingerprint density at radius 2 is 2.08 bits per heavy atom. The van der Waals surface area contributed by atoms with Crippen molar-refractivity contribution in [3.8, 4) is 0 Å². The molecule has 2 fully saturated rings. The summed E-state index contributed by atoms with van der Waals surface area (Å²) in [5.41, 5.74) is 1.02. The van der Waals surface area contributed by atoms with Gasteiger partial charge in [-0.25, -0.2) is 14.2 Å². The average Bonchev–Trinajstić information content (AvgIpc) is 3.30. The van der Waals surface area contributed by atoms with E-state index in [1.54, 1.807) is 12.1 Å². The van der Waals surface area contributed by atoms with Crippen molar-refractivity contribution in [1.29, 1.82) is 0 Å². The molecular weight excluding hydrogens is 335 g/mol. The number of carbonyl (C=O) groups is 1. The van der Waals surface area contributed by atoms with Gasteiger partial charge in [0.1, 0.15) is 17.7 Å². The van der Waals surface area contributed by atoms with Crippen LogP contribution in [0.25, 0.3) is 0 Å². The molecule has 0 N–H and O–H groups in total. The predicted molar refractivity (Wildman–Crippen MR) is 94.0 cm³/mol. The molecule has 3 heterocycles. The number of benzene rings is 1. The van der Waals surface area contributed by atoms with E-state index in [4.69, 9.17) is 4.74 Å². The number of carbonyl (C=O) groups excluding carboxylic acids is 1. The van der Waals surface area contributed by atoms with Crippen molar-refractivity contribution in [2.75, 3.05) is 19.6 Å². The Labute approximate surface area is 152 Å². The molecule has 6 nitrogen and oxygen atoms in total. The van der Waals surface area contributed by atoms with Crippen LogP contribution in [-0.2, 0) is 24.2 Å². The third-order valence-corrected chi connectivity index (χ3v) is 5.26. The number of amides is 1. The minimum atomic E-state index is -0.244. The molecule has 0 spiro atoms. The van der Waals surface area contributed by atoms with Crippen LogP contribution in [0.4, 0.5) is 9.18 Å². The molecule has 0 unspecified atom stereocenters. The molecule has 2 aliphatic rings. The van der Waals surface area contributed by atoms with Crippen molar-refractivity contribution in [3.63, 3.8) is 0 Å².